The van der Waals surface area contributed by atoms with Crippen LogP contribution in [-0.2, 0) is 10.0 Å². The van der Waals surface area contributed by atoms with E-state index in [1.807, 2.05) is 71.9 Å². The van der Waals surface area contributed by atoms with Crippen LogP contribution in [0, 0.1) is 11.8 Å². The number of sulfonamides is 1. The minimum absolute atomic E-state index is 0.0880. The molecule has 0 radical (unpaired) electrons. The summed E-state index contributed by atoms with van der Waals surface area (Å²) in [6, 6.07) is 9.62. The third-order valence-corrected chi connectivity index (χ3v) is 5.86. The Morgan fingerprint density at radius 3 is 1.96 bits per heavy atom. The van der Waals surface area contributed by atoms with E-state index in [1.54, 1.807) is 15.2 Å². The molecular weight excluding hydrogens is 346 g/mol. The normalized spacial score (nSPS) is 12.7. The second kappa shape index (κ2) is 8.35. The van der Waals surface area contributed by atoms with Crippen LogP contribution >= 0.6 is 0 Å². The second-order valence-corrected chi connectivity index (χ2v) is 9.80. The molecule has 0 saturated heterocycles. The van der Waals surface area contributed by atoms with E-state index in [-0.39, 0.29) is 17.9 Å². The van der Waals surface area contributed by atoms with Gasteiger partial charge in [-0.3, -0.25) is 4.68 Å². The van der Waals surface area contributed by atoms with Crippen molar-refractivity contribution < 1.29 is 8.42 Å². The molecular formula is C20H31N3O2S. The summed E-state index contributed by atoms with van der Waals surface area (Å²) in [5.74, 6) is 0.507. The van der Waals surface area contributed by atoms with Gasteiger partial charge in [-0.2, -0.15) is 9.40 Å². The molecule has 144 valence electrons. The number of hydrogen-bond acceptors (Lipinski definition) is 3. The van der Waals surface area contributed by atoms with E-state index in [4.69, 9.17) is 0 Å². The predicted molar refractivity (Wildman–Crippen MR) is 106 cm³/mol. The molecule has 1 aromatic carbocycles. The maximum Gasteiger partial charge on any atom is 0.246 e. The lowest BCUT2D eigenvalue weighted by Gasteiger charge is -2.25. The Hall–Kier alpha value is -1.66. The molecule has 0 bridgehead atoms. The first kappa shape index (κ1) is 20.6. The van der Waals surface area contributed by atoms with Gasteiger partial charge in [-0.25, -0.2) is 8.42 Å². The second-order valence-electron chi connectivity index (χ2n) is 7.89. The van der Waals surface area contributed by atoms with Gasteiger partial charge >= 0.3 is 0 Å². The van der Waals surface area contributed by atoms with Gasteiger partial charge in [-0.05, 0) is 25.7 Å². The van der Waals surface area contributed by atoms with Crippen molar-refractivity contribution >= 4 is 10.0 Å². The van der Waals surface area contributed by atoms with Crippen LogP contribution in [0.15, 0.2) is 41.4 Å². The highest BCUT2D eigenvalue weighted by atomic mass is 32.2. The highest BCUT2D eigenvalue weighted by Crippen LogP contribution is 2.30. The predicted octanol–water partition coefficient (Wildman–Crippen LogP) is 4.43. The van der Waals surface area contributed by atoms with Gasteiger partial charge in [0.1, 0.15) is 10.6 Å². The summed E-state index contributed by atoms with van der Waals surface area (Å²) in [6.07, 6.45) is 1.68. The zero-order valence-electron chi connectivity index (χ0n) is 16.7. The van der Waals surface area contributed by atoms with Gasteiger partial charge in [0, 0.05) is 30.9 Å². The minimum Gasteiger partial charge on any atom is -0.268 e. The molecule has 6 heteroatoms. The van der Waals surface area contributed by atoms with E-state index in [2.05, 4.69) is 5.10 Å². The van der Waals surface area contributed by atoms with Crippen LogP contribution in [0.3, 0.4) is 0 Å². The van der Waals surface area contributed by atoms with Crippen LogP contribution in [0.4, 0.5) is 0 Å². The Labute approximate surface area is 158 Å². The molecule has 2 aromatic rings. The monoisotopic (exact) mass is 377 g/mol. The standard InChI is InChI=1S/C20H31N3O2S/c1-15(2)12-22(13-16(3)4)26(24,25)19-14-23(17(5)6)21-20(19)18-10-8-7-9-11-18/h7-11,14-17H,12-13H2,1-6H3. The van der Waals surface area contributed by atoms with Gasteiger partial charge < -0.3 is 0 Å². The van der Waals surface area contributed by atoms with Gasteiger partial charge in [-0.1, -0.05) is 58.0 Å². The number of rotatable bonds is 8. The van der Waals surface area contributed by atoms with E-state index in [0.717, 1.165) is 5.56 Å². The molecule has 0 N–H and O–H groups in total. The van der Waals surface area contributed by atoms with Gasteiger partial charge in [-0.15, -0.1) is 0 Å². The maximum atomic E-state index is 13.5. The van der Waals surface area contributed by atoms with Crippen molar-refractivity contribution in [2.45, 2.75) is 52.5 Å². The molecule has 0 aliphatic carbocycles. The summed E-state index contributed by atoms with van der Waals surface area (Å²) in [4.78, 5) is 0.290. The van der Waals surface area contributed by atoms with Crippen LogP contribution in [0.5, 0.6) is 0 Å². The molecule has 2 rings (SSSR count). The average Bonchev–Trinajstić information content (AvgIpc) is 3.00. The van der Waals surface area contributed by atoms with E-state index in [9.17, 15) is 8.42 Å². The molecule has 5 nitrogen and oxygen atoms in total. The highest BCUT2D eigenvalue weighted by molar-refractivity contribution is 7.89. The van der Waals surface area contributed by atoms with Crippen molar-refractivity contribution in [3.63, 3.8) is 0 Å². The molecule has 1 heterocycles. The van der Waals surface area contributed by atoms with Crippen LogP contribution in [0.2, 0.25) is 0 Å². The zero-order valence-corrected chi connectivity index (χ0v) is 17.5. The average molecular weight is 378 g/mol. The first-order valence-corrected chi connectivity index (χ1v) is 10.7. The lowest BCUT2D eigenvalue weighted by molar-refractivity contribution is 0.333. The van der Waals surface area contributed by atoms with E-state index in [0.29, 0.717) is 23.7 Å². The molecule has 0 aliphatic rings. The Kier molecular flexibility index (Phi) is 6.64. The van der Waals surface area contributed by atoms with Gasteiger partial charge in [0.2, 0.25) is 10.0 Å². The zero-order chi connectivity index (χ0) is 19.5. The summed E-state index contributed by atoms with van der Waals surface area (Å²) < 4.78 is 30.4. The molecule has 0 unspecified atom stereocenters. The Morgan fingerprint density at radius 2 is 1.50 bits per heavy atom. The maximum absolute atomic E-state index is 13.5. The third kappa shape index (κ3) is 4.74. The largest absolute Gasteiger partial charge is 0.268 e. The molecule has 0 aliphatic heterocycles. The van der Waals surface area contributed by atoms with Crippen molar-refractivity contribution in [3.05, 3.63) is 36.5 Å². The van der Waals surface area contributed by atoms with Crippen molar-refractivity contribution in [1.82, 2.24) is 14.1 Å². The highest BCUT2D eigenvalue weighted by Gasteiger charge is 2.31. The summed E-state index contributed by atoms with van der Waals surface area (Å²) in [7, 11) is -3.63. The first-order valence-electron chi connectivity index (χ1n) is 9.27. The molecule has 1 aromatic heterocycles. The fourth-order valence-corrected chi connectivity index (χ4v) is 4.76. The molecule has 0 saturated carbocycles. The van der Waals surface area contributed by atoms with E-state index >= 15 is 0 Å². The molecule has 0 fully saturated rings. The topological polar surface area (TPSA) is 55.2 Å². The van der Waals surface area contributed by atoms with E-state index in [1.165, 1.54) is 0 Å². The lowest BCUT2D eigenvalue weighted by atomic mass is 10.2. The van der Waals surface area contributed by atoms with Crippen molar-refractivity contribution in [2.75, 3.05) is 13.1 Å². The number of nitrogens with zero attached hydrogens (tertiary/aromatic N) is 3. The Morgan fingerprint density at radius 1 is 0.962 bits per heavy atom. The van der Waals surface area contributed by atoms with Crippen LogP contribution in [0.1, 0.15) is 47.6 Å². The molecule has 26 heavy (non-hydrogen) atoms. The smallest absolute Gasteiger partial charge is 0.246 e. The number of aromatic nitrogens is 2. The lowest BCUT2D eigenvalue weighted by Crippen LogP contribution is -2.37. The van der Waals surface area contributed by atoms with Crippen molar-refractivity contribution in [3.8, 4) is 11.3 Å². The van der Waals surface area contributed by atoms with Gasteiger partial charge in [0.05, 0.1) is 0 Å². The molecule has 0 amide bonds. The van der Waals surface area contributed by atoms with Crippen LogP contribution in [0.25, 0.3) is 11.3 Å². The van der Waals surface area contributed by atoms with E-state index < -0.39 is 10.0 Å². The molecule has 0 atom stereocenters. The van der Waals surface area contributed by atoms with Crippen LogP contribution in [-0.4, -0.2) is 35.6 Å². The minimum atomic E-state index is -3.63. The summed E-state index contributed by atoms with van der Waals surface area (Å²) >= 11 is 0. The SMILES string of the molecule is CC(C)CN(CC(C)C)S(=O)(=O)c1cn(C(C)C)nc1-c1ccccc1. The number of hydrogen-bond donors (Lipinski definition) is 0. The Balaban J connectivity index is 2.59. The van der Waals surface area contributed by atoms with Crippen molar-refractivity contribution in [2.24, 2.45) is 11.8 Å². The quantitative estimate of drug-likeness (QED) is 0.684. The summed E-state index contributed by atoms with van der Waals surface area (Å²) in [6.45, 7) is 13.2. The third-order valence-electron chi connectivity index (χ3n) is 4.03. The Bertz CT molecular complexity index is 799. The van der Waals surface area contributed by atoms with Crippen LogP contribution < -0.4 is 0 Å². The van der Waals surface area contributed by atoms with Crippen molar-refractivity contribution in [1.29, 1.82) is 0 Å². The molecule has 0 spiro atoms. The summed E-state index contributed by atoms with van der Waals surface area (Å²) in [5, 5.41) is 4.60. The van der Waals surface area contributed by atoms with Gasteiger partial charge in [0.25, 0.3) is 0 Å². The first-order chi connectivity index (χ1) is 12.1. The fraction of sp³-hybridized carbons (Fsp3) is 0.550. The number of benzene rings is 1. The summed E-state index contributed by atoms with van der Waals surface area (Å²) in [5.41, 5.74) is 1.34. The van der Waals surface area contributed by atoms with Gasteiger partial charge in [0.15, 0.2) is 0 Å². The fourth-order valence-electron chi connectivity index (χ4n) is 2.85.